The van der Waals surface area contributed by atoms with Crippen molar-refractivity contribution < 1.29 is 13.2 Å². The summed E-state index contributed by atoms with van der Waals surface area (Å²) in [5, 5.41) is 1.84. The Kier molecular flexibility index (Phi) is 7.28. The van der Waals surface area contributed by atoms with Crippen LogP contribution in [0.25, 0.3) is 6.08 Å². The first-order valence-electron chi connectivity index (χ1n) is 11.0. The van der Waals surface area contributed by atoms with Gasteiger partial charge in [0.1, 0.15) is 0 Å². The number of halogens is 1. The molecule has 4 rings (SSSR count). The SMILES string of the molecule is O=C(C1CCC(c2ccncc2)CC1)N1CCN(S(=O)(=O)/C=C/c2ccc(Cl)cc2)CC1. The Morgan fingerprint density at radius 2 is 1.56 bits per heavy atom. The Hall–Kier alpha value is -2.22. The van der Waals surface area contributed by atoms with Crippen LogP contribution in [0.1, 0.15) is 42.7 Å². The number of carbonyl (C=O) groups is 1. The summed E-state index contributed by atoms with van der Waals surface area (Å²) in [5.41, 5.74) is 2.07. The first-order valence-corrected chi connectivity index (χ1v) is 12.9. The highest BCUT2D eigenvalue weighted by Crippen LogP contribution is 2.36. The van der Waals surface area contributed by atoms with Gasteiger partial charge < -0.3 is 4.90 Å². The molecule has 0 atom stereocenters. The lowest BCUT2D eigenvalue weighted by Gasteiger charge is -2.37. The van der Waals surface area contributed by atoms with Crippen molar-refractivity contribution >= 4 is 33.6 Å². The molecule has 1 saturated carbocycles. The van der Waals surface area contributed by atoms with Crippen LogP contribution >= 0.6 is 11.6 Å². The summed E-state index contributed by atoms with van der Waals surface area (Å²) in [6, 6.07) is 11.1. The Bertz CT molecular complexity index is 1040. The quantitative estimate of drug-likeness (QED) is 0.654. The summed E-state index contributed by atoms with van der Waals surface area (Å²) in [5.74, 6) is 0.712. The van der Waals surface area contributed by atoms with Crippen molar-refractivity contribution in [3.63, 3.8) is 0 Å². The zero-order valence-corrected chi connectivity index (χ0v) is 19.5. The van der Waals surface area contributed by atoms with Gasteiger partial charge >= 0.3 is 0 Å². The van der Waals surface area contributed by atoms with E-state index in [0.717, 1.165) is 31.2 Å². The number of benzene rings is 1. The standard InChI is InChI=1S/C24H28ClN3O3S/c25-23-7-1-19(2-8-23)11-18-32(30,31)28-16-14-27(15-17-28)24(29)22-5-3-20(4-6-22)21-9-12-26-13-10-21/h1-2,7-13,18,20,22H,3-6,14-17H2/b18-11+. The number of carbonyl (C=O) groups excluding carboxylic acids is 1. The summed E-state index contributed by atoms with van der Waals surface area (Å²) in [7, 11) is -3.53. The largest absolute Gasteiger partial charge is 0.340 e. The van der Waals surface area contributed by atoms with Crippen molar-refractivity contribution in [2.75, 3.05) is 26.2 Å². The molecule has 1 aromatic heterocycles. The number of sulfonamides is 1. The molecule has 0 spiro atoms. The predicted molar refractivity (Wildman–Crippen MR) is 126 cm³/mol. The van der Waals surface area contributed by atoms with Gasteiger partial charge in [0.25, 0.3) is 0 Å². The topological polar surface area (TPSA) is 70.6 Å². The molecule has 2 fully saturated rings. The number of pyridine rings is 1. The molecule has 0 N–H and O–H groups in total. The average molecular weight is 474 g/mol. The minimum absolute atomic E-state index is 0.0426. The van der Waals surface area contributed by atoms with Crippen molar-refractivity contribution in [1.82, 2.24) is 14.2 Å². The molecule has 170 valence electrons. The third-order valence-corrected chi connectivity index (χ3v) is 8.28. The number of hydrogen-bond acceptors (Lipinski definition) is 4. The average Bonchev–Trinajstić information content (AvgIpc) is 2.84. The van der Waals surface area contributed by atoms with Crippen LogP contribution < -0.4 is 0 Å². The summed E-state index contributed by atoms with van der Waals surface area (Å²) in [6.07, 6.45) is 9.00. The van der Waals surface area contributed by atoms with E-state index in [1.165, 1.54) is 15.3 Å². The smallest absolute Gasteiger partial charge is 0.236 e. The molecule has 1 aliphatic carbocycles. The normalized spacial score (nSPS) is 22.8. The number of rotatable bonds is 5. The number of hydrogen-bond donors (Lipinski definition) is 0. The highest BCUT2D eigenvalue weighted by molar-refractivity contribution is 7.92. The van der Waals surface area contributed by atoms with Crippen LogP contribution in [0.5, 0.6) is 0 Å². The molecule has 2 aliphatic rings. The molecule has 2 heterocycles. The minimum atomic E-state index is -3.53. The van der Waals surface area contributed by atoms with E-state index in [2.05, 4.69) is 17.1 Å². The lowest BCUT2D eigenvalue weighted by Crippen LogP contribution is -2.51. The second-order valence-electron chi connectivity index (χ2n) is 8.45. The van der Waals surface area contributed by atoms with Crippen LogP contribution in [0.3, 0.4) is 0 Å². The number of piperazine rings is 1. The molecular formula is C24H28ClN3O3S. The van der Waals surface area contributed by atoms with Gasteiger partial charge in [-0.15, -0.1) is 0 Å². The van der Waals surface area contributed by atoms with E-state index in [1.54, 1.807) is 30.3 Å². The molecule has 1 aliphatic heterocycles. The molecular weight excluding hydrogens is 446 g/mol. The second-order valence-corrected chi connectivity index (χ2v) is 10.7. The Balaban J connectivity index is 1.27. The van der Waals surface area contributed by atoms with Gasteiger partial charge in [-0.1, -0.05) is 23.7 Å². The fourth-order valence-electron chi connectivity index (χ4n) is 4.55. The number of amides is 1. The number of nitrogens with zero attached hydrogens (tertiary/aromatic N) is 3. The van der Waals surface area contributed by atoms with E-state index >= 15 is 0 Å². The van der Waals surface area contributed by atoms with Gasteiger partial charge in [0.05, 0.1) is 0 Å². The molecule has 6 nitrogen and oxygen atoms in total. The van der Waals surface area contributed by atoms with Crippen LogP contribution in [0.4, 0.5) is 0 Å². The predicted octanol–water partition coefficient (Wildman–Crippen LogP) is 4.15. The van der Waals surface area contributed by atoms with Crippen molar-refractivity contribution in [1.29, 1.82) is 0 Å². The first-order chi connectivity index (χ1) is 15.4. The van der Waals surface area contributed by atoms with E-state index in [0.29, 0.717) is 37.1 Å². The van der Waals surface area contributed by atoms with Crippen LogP contribution in [0, 0.1) is 5.92 Å². The van der Waals surface area contributed by atoms with E-state index < -0.39 is 10.0 Å². The molecule has 0 unspecified atom stereocenters. The lowest BCUT2D eigenvalue weighted by molar-refractivity contribution is -0.137. The summed E-state index contributed by atoms with van der Waals surface area (Å²) >= 11 is 5.87. The van der Waals surface area contributed by atoms with Crippen molar-refractivity contribution in [3.8, 4) is 0 Å². The third kappa shape index (κ3) is 5.57. The zero-order valence-electron chi connectivity index (χ0n) is 17.9. The zero-order chi connectivity index (χ0) is 22.6. The van der Waals surface area contributed by atoms with Crippen LogP contribution in [-0.4, -0.2) is 54.7 Å². The van der Waals surface area contributed by atoms with Gasteiger partial charge in [-0.2, -0.15) is 4.31 Å². The fourth-order valence-corrected chi connectivity index (χ4v) is 5.85. The molecule has 32 heavy (non-hydrogen) atoms. The van der Waals surface area contributed by atoms with Gasteiger partial charge in [0.15, 0.2) is 0 Å². The maximum Gasteiger partial charge on any atom is 0.236 e. The molecule has 1 amide bonds. The van der Waals surface area contributed by atoms with Crippen LogP contribution in [-0.2, 0) is 14.8 Å². The van der Waals surface area contributed by atoms with Gasteiger partial charge in [0, 0.05) is 54.9 Å². The van der Waals surface area contributed by atoms with E-state index in [-0.39, 0.29) is 11.8 Å². The van der Waals surface area contributed by atoms with Gasteiger partial charge in [-0.25, -0.2) is 8.42 Å². The fraction of sp³-hybridized carbons (Fsp3) is 0.417. The van der Waals surface area contributed by atoms with Gasteiger partial charge in [0.2, 0.25) is 15.9 Å². The lowest BCUT2D eigenvalue weighted by atomic mass is 9.78. The highest BCUT2D eigenvalue weighted by Gasteiger charge is 2.33. The van der Waals surface area contributed by atoms with E-state index in [9.17, 15) is 13.2 Å². The second kappa shape index (κ2) is 10.1. The van der Waals surface area contributed by atoms with Crippen molar-refractivity contribution in [2.45, 2.75) is 31.6 Å². The maximum atomic E-state index is 13.0. The van der Waals surface area contributed by atoms with E-state index in [4.69, 9.17) is 11.6 Å². The summed E-state index contributed by atoms with van der Waals surface area (Å²) in [6.45, 7) is 1.53. The molecule has 1 aromatic carbocycles. The van der Waals surface area contributed by atoms with Crippen LogP contribution in [0.15, 0.2) is 54.2 Å². The van der Waals surface area contributed by atoms with Crippen molar-refractivity contribution in [2.24, 2.45) is 5.92 Å². The van der Waals surface area contributed by atoms with Gasteiger partial charge in [-0.05, 0) is 73.1 Å². The highest BCUT2D eigenvalue weighted by atomic mass is 35.5. The Morgan fingerprint density at radius 3 is 2.19 bits per heavy atom. The molecule has 8 heteroatoms. The monoisotopic (exact) mass is 473 g/mol. The maximum absolute atomic E-state index is 13.0. The first kappa shape index (κ1) is 23.0. The molecule has 0 bridgehead atoms. The van der Waals surface area contributed by atoms with Crippen LogP contribution in [0.2, 0.25) is 5.02 Å². The van der Waals surface area contributed by atoms with Gasteiger partial charge in [-0.3, -0.25) is 9.78 Å². The van der Waals surface area contributed by atoms with Crippen molar-refractivity contribution in [3.05, 3.63) is 70.3 Å². The molecule has 2 aromatic rings. The Morgan fingerprint density at radius 1 is 0.938 bits per heavy atom. The number of aromatic nitrogens is 1. The summed E-state index contributed by atoms with van der Waals surface area (Å²) in [4.78, 5) is 18.9. The third-order valence-electron chi connectivity index (χ3n) is 6.47. The molecule has 0 radical (unpaired) electrons. The Labute approximate surface area is 194 Å². The van der Waals surface area contributed by atoms with E-state index in [1.807, 2.05) is 17.3 Å². The summed E-state index contributed by atoms with van der Waals surface area (Å²) < 4.78 is 26.8. The molecule has 1 saturated heterocycles. The minimum Gasteiger partial charge on any atom is -0.340 e.